The second kappa shape index (κ2) is 6.54. The second-order valence-corrected chi connectivity index (χ2v) is 4.20. The van der Waals surface area contributed by atoms with E-state index in [4.69, 9.17) is 11.6 Å². The van der Waals surface area contributed by atoms with Crippen molar-refractivity contribution < 1.29 is 4.79 Å². The summed E-state index contributed by atoms with van der Waals surface area (Å²) in [5.74, 6) is 0.0652. The minimum absolute atomic E-state index is 0.00379. The first-order valence-corrected chi connectivity index (χ1v) is 6.10. The van der Waals surface area contributed by atoms with E-state index in [9.17, 15) is 4.79 Å². The Labute approximate surface area is 102 Å². The minimum Gasteiger partial charge on any atom is -0.337 e. The molecule has 0 aliphatic heterocycles. The Kier molecular flexibility index (Phi) is 5.33. The highest BCUT2D eigenvalue weighted by atomic mass is 35.5. The third-order valence-corrected chi connectivity index (χ3v) is 2.68. The molecular formula is C13H18ClNO. The van der Waals surface area contributed by atoms with Gasteiger partial charge in [-0.05, 0) is 18.9 Å². The van der Waals surface area contributed by atoms with Gasteiger partial charge < -0.3 is 4.90 Å². The topological polar surface area (TPSA) is 20.3 Å². The summed E-state index contributed by atoms with van der Waals surface area (Å²) in [5, 5.41) is 0. The molecule has 0 atom stereocenters. The van der Waals surface area contributed by atoms with Crippen LogP contribution in [-0.2, 0) is 11.3 Å². The fourth-order valence-electron chi connectivity index (χ4n) is 1.56. The van der Waals surface area contributed by atoms with Crippen LogP contribution in [0.25, 0.3) is 0 Å². The first-order chi connectivity index (χ1) is 7.67. The largest absolute Gasteiger partial charge is 0.337 e. The summed E-state index contributed by atoms with van der Waals surface area (Å²) in [5.41, 5.74) is 2.38. The zero-order valence-corrected chi connectivity index (χ0v) is 10.6. The van der Waals surface area contributed by atoms with Crippen molar-refractivity contribution in [1.82, 2.24) is 4.90 Å². The van der Waals surface area contributed by atoms with Crippen LogP contribution in [0.2, 0.25) is 0 Å². The minimum atomic E-state index is 0.00379. The van der Waals surface area contributed by atoms with Crippen LogP contribution < -0.4 is 0 Å². The number of halogens is 1. The van der Waals surface area contributed by atoms with E-state index in [0.717, 1.165) is 18.5 Å². The molecule has 0 saturated heterocycles. The Bertz CT molecular complexity index is 334. The van der Waals surface area contributed by atoms with Gasteiger partial charge in [-0.25, -0.2) is 0 Å². The van der Waals surface area contributed by atoms with Crippen molar-refractivity contribution in [2.75, 3.05) is 12.4 Å². The number of amides is 1. The maximum atomic E-state index is 11.6. The van der Waals surface area contributed by atoms with Crippen LogP contribution in [0.1, 0.15) is 24.5 Å². The van der Waals surface area contributed by atoms with Gasteiger partial charge in [-0.1, -0.05) is 36.8 Å². The summed E-state index contributed by atoms with van der Waals surface area (Å²) < 4.78 is 0. The van der Waals surface area contributed by atoms with Crippen LogP contribution in [0.4, 0.5) is 0 Å². The molecule has 16 heavy (non-hydrogen) atoms. The van der Waals surface area contributed by atoms with E-state index in [1.165, 1.54) is 5.56 Å². The Morgan fingerprint density at radius 1 is 1.31 bits per heavy atom. The zero-order valence-electron chi connectivity index (χ0n) is 9.87. The number of aryl methyl sites for hydroxylation is 1. The lowest BCUT2D eigenvalue weighted by Gasteiger charge is -2.21. The van der Waals surface area contributed by atoms with Crippen LogP contribution in [0.3, 0.4) is 0 Å². The highest BCUT2D eigenvalue weighted by Crippen LogP contribution is 2.08. The average Bonchev–Trinajstić information content (AvgIpc) is 2.30. The quantitative estimate of drug-likeness (QED) is 0.724. The molecule has 0 fully saturated rings. The monoisotopic (exact) mass is 239 g/mol. The number of alkyl halides is 1. The molecule has 0 N–H and O–H groups in total. The summed E-state index contributed by atoms with van der Waals surface area (Å²) in [7, 11) is 0. The predicted octanol–water partition coefficient (Wildman–Crippen LogP) is 2.97. The van der Waals surface area contributed by atoms with E-state index in [2.05, 4.69) is 38.1 Å². The first kappa shape index (κ1) is 13.0. The van der Waals surface area contributed by atoms with Crippen LogP contribution in [0.15, 0.2) is 24.3 Å². The number of benzene rings is 1. The van der Waals surface area contributed by atoms with Crippen molar-refractivity contribution in [3.05, 3.63) is 35.4 Å². The number of carbonyl (C=O) groups is 1. The molecule has 0 radical (unpaired) electrons. The molecule has 0 spiro atoms. The second-order valence-electron chi connectivity index (χ2n) is 3.93. The van der Waals surface area contributed by atoms with Gasteiger partial charge in [0.1, 0.15) is 5.88 Å². The summed E-state index contributed by atoms with van der Waals surface area (Å²) in [4.78, 5) is 13.4. The molecule has 1 amide bonds. The van der Waals surface area contributed by atoms with E-state index in [1.54, 1.807) is 4.90 Å². The highest BCUT2D eigenvalue weighted by Gasteiger charge is 2.11. The molecule has 0 saturated carbocycles. The molecule has 0 aromatic heterocycles. The van der Waals surface area contributed by atoms with E-state index in [1.807, 2.05) is 0 Å². The predicted molar refractivity (Wildman–Crippen MR) is 67.6 cm³/mol. The van der Waals surface area contributed by atoms with Gasteiger partial charge in [0.05, 0.1) is 0 Å². The maximum absolute atomic E-state index is 11.6. The van der Waals surface area contributed by atoms with Gasteiger partial charge in [-0.15, -0.1) is 11.6 Å². The van der Waals surface area contributed by atoms with Gasteiger partial charge in [0.2, 0.25) is 5.91 Å². The number of carbonyl (C=O) groups excluding carboxylic acids is 1. The van der Waals surface area contributed by atoms with E-state index < -0.39 is 0 Å². The van der Waals surface area contributed by atoms with E-state index in [0.29, 0.717) is 6.54 Å². The van der Waals surface area contributed by atoms with E-state index in [-0.39, 0.29) is 11.8 Å². The number of rotatable bonds is 5. The molecular weight excluding hydrogens is 222 g/mol. The maximum Gasteiger partial charge on any atom is 0.237 e. The third-order valence-electron chi connectivity index (χ3n) is 2.45. The summed E-state index contributed by atoms with van der Waals surface area (Å²) in [6, 6.07) is 8.23. The van der Waals surface area contributed by atoms with Crippen LogP contribution in [0.5, 0.6) is 0 Å². The molecule has 1 aromatic carbocycles. The highest BCUT2D eigenvalue weighted by molar-refractivity contribution is 6.27. The molecule has 0 unspecified atom stereocenters. The number of hydrogen-bond donors (Lipinski definition) is 0. The standard InChI is InChI=1S/C13H18ClNO/c1-3-8-15(13(16)9-14)10-12-6-4-11(2)5-7-12/h4-7H,3,8-10H2,1-2H3. The fourth-order valence-corrected chi connectivity index (χ4v) is 1.73. The van der Waals surface area contributed by atoms with Gasteiger partial charge in [-0.3, -0.25) is 4.79 Å². The summed E-state index contributed by atoms with van der Waals surface area (Å²) >= 11 is 5.58. The Hall–Kier alpha value is -1.02. The first-order valence-electron chi connectivity index (χ1n) is 5.56. The smallest absolute Gasteiger partial charge is 0.237 e. The third kappa shape index (κ3) is 3.86. The van der Waals surface area contributed by atoms with E-state index >= 15 is 0 Å². The lowest BCUT2D eigenvalue weighted by Crippen LogP contribution is -2.32. The normalized spacial score (nSPS) is 10.2. The van der Waals surface area contributed by atoms with Gasteiger partial charge in [0, 0.05) is 13.1 Å². The number of nitrogens with zero attached hydrogens (tertiary/aromatic N) is 1. The lowest BCUT2D eigenvalue weighted by atomic mass is 10.1. The Morgan fingerprint density at radius 2 is 1.94 bits per heavy atom. The van der Waals surface area contributed by atoms with Gasteiger partial charge in [-0.2, -0.15) is 0 Å². The van der Waals surface area contributed by atoms with Crippen LogP contribution >= 0.6 is 11.6 Å². The van der Waals surface area contributed by atoms with Crippen LogP contribution in [-0.4, -0.2) is 23.2 Å². The molecule has 0 aliphatic rings. The summed E-state index contributed by atoms with van der Waals surface area (Å²) in [6.07, 6.45) is 0.953. The van der Waals surface area contributed by atoms with Crippen molar-refractivity contribution in [2.24, 2.45) is 0 Å². The molecule has 1 aromatic rings. The Balaban J connectivity index is 2.67. The fraction of sp³-hybridized carbons (Fsp3) is 0.462. The van der Waals surface area contributed by atoms with Gasteiger partial charge >= 0.3 is 0 Å². The van der Waals surface area contributed by atoms with Gasteiger partial charge in [0.25, 0.3) is 0 Å². The average molecular weight is 240 g/mol. The van der Waals surface area contributed by atoms with Crippen molar-refractivity contribution in [3.8, 4) is 0 Å². The summed E-state index contributed by atoms with van der Waals surface area (Å²) in [6.45, 7) is 5.53. The lowest BCUT2D eigenvalue weighted by molar-refractivity contribution is -0.129. The SMILES string of the molecule is CCCN(Cc1ccc(C)cc1)C(=O)CCl. The molecule has 0 aliphatic carbocycles. The molecule has 1 rings (SSSR count). The van der Waals surface area contributed by atoms with Crippen LogP contribution in [0, 0.1) is 6.92 Å². The molecule has 88 valence electrons. The zero-order chi connectivity index (χ0) is 12.0. The Morgan fingerprint density at radius 3 is 2.44 bits per heavy atom. The van der Waals surface area contributed by atoms with Crippen molar-refractivity contribution >= 4 is 17.5 Å². The number of hydrogen-bond acceptors (Lipinski definition) is 1. The molecule has 3 heteroatoms. The van der Waals surface area contributed by atoms with Crippen molar-refractivity contribution in [2.45, 2.75) is 26.8 Å². The van der Waals surface area contributed by atoms with Crippen molar-refractivity contribution in [1.29, 1.82) is 0 Å². The molecule has 0 heterocycles. The van der Waals surface area contributed by atoms with Crippen molar-refractivity contribution in [3.63, 3.8) is 0 Å². The van der Waals surface area contributed by atoms with Gasteiger partial charge in [0.15, 0.2) is 0 Å². The molecule has 0 bridgehead atoms. The molecule has 2 nitrogen and oxygen atoms in total.